The van der Waals surface area contributed by atoms with Gasteiger partial charge in [-0.05, 0) is 36.5 Å². The predicted octanol–water partition coefficient (Wildman–Crippen LogP) is 3.11. The summed E-state index contributed by atoms with van der Waals surface area (Å²) in [5.41, 5.74) is 0.936. The Balaban J connectivity index is 2.00. The third-order valence-electron chi connectivity index (χ3n) is 4.34. The molecule has 1 fully saturated rings. The van der Waals surface area contributed by atoms with Crippen LogP contribution in [-0.4, -0.2) is 41.2 Å². The fraction of sp³-hybridized carbons (Fsp3) is 0.444. The molecule has 0 aliphatic carbocycles. The zero-order valence-electron chi connectivity index (χ0n) is 13.5. The van der Waals surface area contributed by atoms with Gasteiger partial charge in [-0.1, -0.05) is 36.4 Å². The van der Waals surface area contributed by atoms with Crippen LogP contribution in [0.4, 0.5) is 0 Å². The number of amides is 2. The molecule has 124 valence electrons. The summed E-state index contributed by atoms with van der Waals surface area (Å²) in [5.74, 6) is 0.439. The van der Waals surface area contributed by atoms with Crippen LogP contribution in [0, 0.1) is 5.92 Å². The van der Waals surface area contributed by atoms with E-state index in [4.69, 9.17) is 11.6 Å². The van der Waals surface area contributed by atoms with Crippen LogP contribution in [0.3, 0.4) is 0 Å². The number of halogens is 1. The molecule has 5 heteroatoms. The van der Waals surface area contributed by atoms with E-state index in [0.29, 0.717) is 24.0 Å². The SMILES string of the molecule is C=CC(=O)N(Cc1ccccc1Cl)CC1CCN(C(C)=O)CC1. The monoisotopic (exact) mass is 334 g/mol. The molecule has 0 bridgehead atoms. The van der Waals surface area contributed by atoms with E-state index in [1.54, 1.807) is 11.8 Å². The second kappa shape index (κ2) is 8.16. The van der Waals surface area contributed by atoms with Gasteiger partial charge in [0.05, 0.1) is 0 Å². The van der Waals surface area contributed by atoms with Gasteiger partial charge >= 0.3 is 0 Å². The van der Waals surface area contributed by atoms with Crippen molar-refractivity contribution in [3.63, 3.8) is 0 Å². The van der Waals surface area contributed by atoms with Crippen molar-refractivity contribution in [2.75, 3.05) is 19.6 Å². The van der Waals surface area contributed by atoms with E-state index < -0.39 is 0 Å². The van der Waals surface area contributed by atoms with Gasteiger partial charge in [0.15, 0.2) is 0 Å². The molecular weight excluding hydrogens is 312 g/mol. The molecule has 4 nitrogen and oxygen atoms in total. The molecule has 0 unspecified atom stereocenters. The average Bonchev–Trinajstić information content (AvgIpc) is 2.56. The number of rotatable bonds is 5. The molecule has 1 heterocycles. The molecule has 1 aliphatic rings. The number of benzene rings is 1. The Labute approximate surface area is 142 Å². The van der Waals surface area contributed by atoms with Crippen LogP contribution in [0.5, 0.6) is 0 Å². The second-order valence-corrected chi connectivity index (χ2v) is 6.37. The molecule has 2 amide bonds. The average molecular weight is 335 g/mol. The summed E-state index contributed by atoms with van der Waals surface area (Å²) in [6, 6.07) is 7.56. The standard InChI is InChI=1S/C18H23ClN2O2/c1-3-18(23)21(13-16-6-4-5-7-17(16)19)12-15-8-10-20(11-9-15)14(2)22/h3-7,15H,1,8-13H2,2H3. The van der Waals surface area contributed by atoms with E-state index in [1.807, 2.05) is 29.2 Å². The Morgan fingerprint density at radius 1 is 1.35 bits per heavy atom. The normalized spacial score (nSPS) is 15.3. The van der Waals surface area contributed by atoms with Crippen LogP contribution in [0.15, 0.2) is 36.9 Å². The molecule has 0 radical (unpaired) electrons. The van der Waals surface area contributed by atoms with Crippen molar-refractivity contribution in [1.82, 2.24) is 9.80 Å². The number of nitrogens with zero attached hydrogens (tertiary/aromatic N) is 2. The molecule has 0 N–H and O–H groups in total. The Hall–Kier alpha value is -1.81. The van der Waals surface area contributed by atoms with Gasteiger partial charge in [-0.3, -0.25) is 9.59 Å². The number of piperidine rings is 1. The Morgan fingerprint density at radius 3 is 2.57 bits per heavy atom. The molecule has 2 rings (SSSR count). The summed E-state index contributed by atoms with van der Waals surface area (Å²) in [7, 11) is 0. The topological polar surface area (TPSA) is 40.6 Å². The van der Waals surface area contributed by atoms with Crippen LogP contribution in [0.1, 0.15) is 25.3 Å². The Morgan fingerprint density at radius 2 is 2.00 bits per heavy atom. The van der Waals surface area contributed by atoms with Gasteiger partial charge in [0.25, 0.3) is 0 Å². The van der Waals surface area contributed by atoms with Crippen molar-refractivity contribution >= 4 is 23.4 Å². The minimum atomic E-state index is -0.0843. The zero-order chi connectivity index (χ0) is 16.8. The van der Waals surface area contributed by atoms with Crippen LogP contribution in [0.25, 0.3) is 0 Å². The summed E-state index contributed by atoms with van der Waals surface area (Å²) < 4.78 is 0. The van der Waals surface area contributed by atoms with E-state index >= 15 is 0 Å². The maximum absolute atomic E-state index is 12.2. The number of carbonyl (C=O) groups is 2. The largest absolute Gasteiger partial charge is 0.343 e. The summed E-state index contributed by atoms with van der Waals surface area (Å²) in [4.78, 5) is 27.2. The van der Waals surface area contributed by atoms with Crippen molar-refractivity contribution in [2.45, 2.75) is 26.3 Å². The van der Waals surface area contributed by atoms with Gasteiger partial charge in [-0.2, -0.15) is 0 Å². The number of carbonyl (C=O) groups excluding carboxylic acids is 2. The van der Waals surface area contributed by atoms with Crippen molar-refractivity contribution < 1.29 is 9.59 Å². The quantitative estimate of drug-likeness (QED) is 0.776. The van der Waals surface area contributed by atoms with Crippen molar-refractivity contribution in [2.24, 2.45) is 5.92 Å². The third kappa shape index (κ3) is 4.83. The van der Waals surface area contributed by atoms with Gasteiger partial charge < -0.3 is 9.80 Å². The summed E-state index contributed by atoms with van der Waals surface area (Å²) in [6.07, 6.45) is 3.19. The van der Waals surface area contributed by atoms with Crippen molar-refractivity contribution in [1.29, 1.82) is 0 Å². The molecule has 1 saturated heterocycles. The molecule has 0 atom stereocenters. The minimum absolute atomic E-state index is 0.0843. The molecule has 1 aromatic rings. The summed E-state index contributed by atoms with van der Waals surface area (Å²) >= 11 is 6.20. The first-order valence-electron chi connectivity index (χ1n) is 7.91. The second-order valence-electron chi connectivity index (χ2n) is 5.96. The molecule has 1 aromatic carbocycles. The molecule has 23 heavy (non-hydrogen) atoms. The molecule has 1 aliphatic heterocycles. The van der Waals surface area contributed by atoms with Crippen LogP contribution in [0.2, 0.25) is 5.02 Å². The van der Waals surface area contributed by atoms with Crippen molar-refractivity contribution in [3.05, 3.63) is 47.5 Å². The molecular formula is C18H23ClN2O2. The Kier molecular flexibility index (Phi) is 6.22. The smallest absolute Gasteiger partial charge is 0.246 e. The first kappa shape index (κ1) is 17.5. The molecule has 0 spiro atoms. The number of hydrogen-bond donors (Lipinski definition) is 0. The maximum atomic E-state index is 12.2. The summed E-state index contributed by atoms with van der Waals surface area (Å²) in [6.45, 7) is 7.88. The van der Waals surface area contributed by atoms with Gasteiger partial charge in [-0.25, -0.2) is 0 Å². The molecule has 0 aromatic heterocycles. The van der Waals surface area contributed by atoms with E-state index in [0.717, 1.165) is 31.5 Å². The minimum Gasteiger partial charge on any atom is -0.343 e. The van der Waals surface area contributed by atoms with Gasteiger partial charge in [-0.15, -0.1) is 0 Å². The third-order valence-corrected chi connectivity index (χ3v) is 4.71. The molecule has 0 saturated carbocycles. The number of hydrogen-bond acceptors (Lipinski definition) is 2. The van der Waals surface area contributed by atoms with Gasteiger partial charge in [0.1, 0.15) is 0 Å². The predicted molar refractivity (Wildman–Crippen MR) is 92.0 cm³/mol. The van der Waals surface area contributed by atoms with Crippen LogP contribution < -0.4 is 0 Å². The first-order chi connectivity index (χ1) is 11.0. The lowest BCUT2D eigenvalue weighted by Gasteiger charge is -2.34. The van der Waals surface area contributed by atoms with Gasteiger partial charge in [0.2, 0.25) is 11.8 Å². The van der Waals surface area contributed by atoms with E-state index in [9.17, 15) is 9.59 Å². The lowest BCUT2D eigenvalue weighted by atomic mass is 9.96. The summed E-state index contributed by atoms with van der Waals surface area (Å²) in [5, 5.41) is 0.667. The van der Waals surface area contributed by atoms with E-state index in [2.05, 4.69) is 6.58 Å². The van der Waals surface area contributed by atoms with E-state index in [-0.39, 0.29) is 11.8 Å². The lowest BCUT2D eigenvalue weighted by Crippen LogP contribution is -2.41. The van der Waals surface area contributed by atoms with Crippen LogP contribution >= 0.6 is 11.6 Å². The first-order valence-corrected chi connectivity index (χ1v) is 8.29. The fourth-order valence-corrected chi connectivity index (χ4v) is 3.13. The Bertz CT molecular complexity index is 580. The number of likely N-dealkylation sites (tertiary alicyclic amines) is 1. The highest BCUT2D eigenvalue weighted by Gasteiger charge is 2.24. The zero-order valence-corrected chi connectivity index (χ0v) is 14.3. The van der Waals surface area contributed by atoms with Gasteiger partial charge in [0, 0.05) is 38.1 Å². The highest BCUT2D eigenvalue weighted by molar-refractivity contribution is 6.31. The maximum Gasteiger partial charge on any atom is 0.246 e. The van der Waals surface area contributed by atoms with Crippen molar-refractivity contribution in [3.8, 4) is 0 Å². The van der Waals surface area contributed by atoms with Crippen LogP contribution in [-0.2, 0) is 16.1 Å². The highest BCUT2D eigenvalue weighted by atomic mass is 35.5. The lowest BCUT2D eigenvalue weighted by molar-refractivity contribution is -0.131. The highest BCUT2D eigenvalue weighted by Crippen LogP contribution is 2.22. The fourth-order valence-electron chi connectivity index (χ4n) is 2.94. The van der Waals surface area contributed by atoms with E-state index in [1.165, 1.54) is 6.08 Å².